The third-order valence-corrected chi connectivity index (χ3v) is 2.96. The van der Waals surface area contributed by atoms with Gasteiger partial charge in [0.05, 0.1) is 12.2 Å². The monoisotopic (exact) mass is 242 g/mol. The highest BCUT2D eigenvalue weighted by molar-refractivity contribution is 5.70. The fraction of sp³-hybridized carbons (Fsp3) is 0.385. The Hall–Kier alpha value is -1.29. The second-order valence-corrected chi connectivity index (χ2v) is 4.16. The number of aliphatic hydroxyl groups excluding tert-OH is 1. The lowest BCUT2D eigenvalue weighted by molar-refractivity contribution is -0.137. The lowest BCUT2D eigenvalue weighted by atomic mass is 9.97. The summed E-state index contributed by atoms with van der Waals surface area (Å²) in [7, 11) is 0. The van der Waals surface area contributed by atoms with Gasteiger partial charge in [0.2, 0.25) is 0 Å². The molecule has 1 nitrogen and oxygen atoms in total. The molecule has 0 saturated heterocycles. The van der Waals surface area contributed by atoms with E-state index in [2.05, 4.69) is 0 Å². The lowest BCUT2D eigenvalue weighted by Crippen LogP contribution is -2.09. The van der Waals surface area contributed by atoms with E-state index >= 15 is 0 Å². The summed E-state index contributed by atoms with van der Waals surface area (Å²) in [5.41, 5.74) is 0.672. The van der Waals surface area contributed by atoms with E-state index in [0.717, 1.165) is 24.5 Å². The molecule has 0 bridgehead atoms. The van der Waals surface area contributed by atoms with Gasteiger partial charge >= 0.3 is 6.18 Å². The van der Waals surface area contributed by atoms with Gasteiger partial charge in [0.1, 0.15) is 0 Å². The number of aliphatic hydroxyl groups is 1. The summed E-state index contributed by atoms with van der Waals surface area (Å²) in [4.78, 5) is 0. The van der Waals surface area contributed by atoms with E-state index in [1.807, 2.05) is 6.08 Å². The summed E-state index contributed by atoms with van der Waals surface area (Å²) in [5, 5.41) is 8.90. The van der Waals surface area contributed by atoms with Gasteiger partial charge in [0, 0.05) is 0 Å². The van der Waals surface area contributed by atoms with Gasteiger partial charge in [-0.25, -0.2) is 0 Å². The Morgan fingerprint density at radius 3 is 2.53 bits per heavy atom. The number of alkyl halides is 3. The summed E-state index contributed by atoms with van der Waals surface area (Å²) < 4.78 is 38.7. The zero-order valence-electron chi connectivity index (χ0n) is 9.22. The molecular formula is C13H13F3O. The zero-order valence-corrected chi connectivity index (χ0v) is 9.22. The number of benzene rings is 1. The molecule has 1 N–H and O–H groups in total. The van der Waals surface area contributed by atoms with Crippen molar-refractivity contribution in [1.82, 2.24) is 0 Å². The standard InChI is InChI=1S/C13H13F3O/c14-13(15,16)12-7-9(8-17)5-6-11(12)10-3-1-2-4-10/h3,5-7,17H,1-2,4,8H2. The Bertz CT molecular complexity index is 446. The first kappa shape index (κ1) is 12.2. The summed E-state index contributed by atoms with van der Waals surface area (Å²) in [5.74, 6) is 0. The predicted octanol–water partition coefficient (Wildman–Crippen LogP) is 3.77. The maximum atomic E-state index is 12.9. The molecule has 0 heterocycles. The van der Waals surface area contributed by atoms with Crippen LogP contribution in [0.1, 0.15) is 36.0 Å². The number of halogens is 3. The number of rotatable bonds is 2. The van der Waals surface area contributed by atoms with E-state index in [-0.39, 0.29) is 12.2 Å². The van der Waals surface area contributed by atoms with Crippen molar-refractivity contribution in [3.63, 3.8) is 0 Å². The Morgan fingerprint density at radius 2 is 2.00 bits per heavy atom. The van der Waals surface area contributed by atoms with Gasteiger partial charge < -0.3 is 5.11 Å². The molecule has 1 aliphatic rings. The van der Waals surface area contributed by atoms with E-state index in [1.165, 1.54) is 6.07 Å². The minimum Gasteiger partial charge on any atom is -0.392 e. The second kappa shape index (κ2) is 4.53. The highest BCUT2D eigenvalue weighted by Gasteiger charge is 2.34. The van der Waals surface area contributed by atoms with Gasteiger partial charge in [0.25, 0.3) is 0 Å². The van der Waals surface area contributed by atoms with Crippen LogP contribution >= 0.6 is 0 Å². The molecule has 1 aromatic carbocycles. The number of hydrogen-bond donors (Lipinski definition) is 1. The van der Waals surface area contributed by atoms with Gasteiger partial charge in [-0.3, -0.25) is 0 Å². The van der Waals surface area contributed by atoms with Crippen molar-refractivity contribution in [2.75, 3.05) is 0 Å². The second-order valence-electron chi connectivity index (χ2n) is 4.16. The van der Waals surface area contributed by atoms with Gasteiger partial charge in [-0.15, -0.1) is 0 Å². The van der Waals surface area contributed by atoms with Crippen LogP contribution in [0.25, 0.3) is 5.57 Å². The quantitative estimate of drug-likeness (QED) is 0.837. The lowest BCUT2D eigenvalue weighted by Gasteiger charge is -2.15. The molecule has 1 aliphatic carbocycles. The van der Waals surface area contributed by atoms with Crippen LogP contribution in [0.15, 0.2) is 24.3 Å². The van der Waals surface area contributed by atoms with Crippen LogP contribution in [-0.2, 0) is 12.8 Å². The zero-order chi connectivity index (χ0) is 12.5. The fourth-order valence-electron chi connectivity index (χ4n) is 2.12. The van der Waals surface area contributed by atoms with Crippen LogP contribution in [-0.4, -0.2) is 5.11 Å². The first-order valence-corrected chi connectivity index (χ1v) is 5.53. The Labute approximate surface area is 97.6 Å². The molecule has 0 unspecified atom stereocenters. The minimum absolute atomic E-state index is 0.257. The van der Waals surface area contributed by atoms with E-state index in [0.29, 0.717) is 12.0 Å². The maximum absolute atomic E-state index is 12.9. The molecule has 0 atom stereocenters. The Balaban J connectivity index is 2.50. The van der Waals surface area contributed by atoms with Crippen molar-refractivity contribution >= 4 is 5.57 Å². The van der Waals surface area contributed by atoms with Crippen molar-refractivity contribution in [3.05, 3.63) is 41.0 Å². The predicted molar refractivity (Wildman–Crippen MR) is 59.2 cm³/mol. The van der Waals surface area contributed by atoms with Crippen LogP contribution < -0.4 is 0 Å². The van der Waals surface area contributed by atoms with Gasteiger partial charge in [-0.2, -0.15) is 13.2 Å². The molecule has 0 aliphatic heterocycles. The van der Waals surface area contributed by atoms with E-state index in [9.17, 15) is 13.2 Å². The summed E-state index contributed by atoms with van der Waals surface area (Å²) in [6.45, 7) is -0.373. The molecule has 4 heteroatoms. The molecule has 0 spiro atoms. The minimum atomic E-state index is -4.37. The average molecular weight is 242 g/mol. The third-order valence-electron chi connectivity index (χ3n) is 2.96. The van der Waals surface area contributed by atoms with Crippen molar-refractivity contribution in [1.29, 1.82) is 0 Å². The third kappa shape index (κ3) is 2.52. The normalized spacial score (nSPS) is 16.1. The van der Waals surface area contributed by atoms with Crippen LogP contribution in [0.4, 0.5) is 13.2 Å². The molecular weight excluding hydrogens is 229 g/mol. The molecule has 17 heavy (non-hydrogen) atoms. The SMILES string of the molecule is OCc1ccc(C2=CCCC2)c(C(F)(F)F)c1. The first-order valence-electron chi connectivity index (χ1n) is 5.53. The summed E-state index contributed by atoms with van der Waals surface area (Å²) >= 11 is 0. The average Bonchev–Trinajstić information content (AvgIpc) is 2.80. The van der Waals surface area contributed by atoms with Crippen molar-refractivity contribution in [2.24, 2.45) is 0 Å². The molecule has 2 rings (SSSR count). The fourth-order valence-corrected chi connectivity index (χ4v) is 2.12. The molecule has 0 radical (unpaired) electrons. The van der Waals surface area contributed by atoms with Gasteiger partial charge in [-0.1, -0.05) is 18.2 Å². The van der Waals surface area contributed by atoms with Gasteiger partial charge in [0.15, 0.2) is 0 Å². The Morgan fingerprint density at radius 1 is 1.24 bits per heavy atom. The van der Waals surface area contributed by atoms with Crippen LogP contribution in [0.5, 0.6) is 0 Å². The molecule has 0 fully saturated rings. The van der Waals surface area contributed by atoms with Crippen molar-refractivity contribution in [2.45, 2.75) is 32.0 Å². The number of allylic oxidation sites excluding steroid dienone is 2. The molecule has 92 valence electrons. The first-order chi connectivity index (χ1) is 8.02. The van der Waals surface area contributed by atoms with Gasteiger partial charge in [-0.05, 0) is 42.0 Å². The molecule has 0 saturated carbocycles. The van der Waals surface area contributed by atoms with Crippen LogP contribution in [0, 0.1) is 0 Å². The molecule has 0 aromatic heterocycles. The van der Waals surface area contributed by atoms with Crippen LogP contribution in [0.2, 0.25) is 0 Å². The van der Waals surface area contributed by atoms with E-state index < -0.39 is 11.7 Å². The smallest absolute Gasteiger partial charge is 0.392 e. The molecule has 0 amide bonds. The van der Waals surface area contributed by atoms with Crippen molar-refractivity contribution < 1.29 is 18.3 Å². The summed E-state index contributed by atoms with van der Waals surface area (Å²) in [6, 6.07) is 4.05. The Kier molecular flexibility index (Phi) is 3.24. The maximum Gasteiger partial charge on any atom is 0.417 e. The number of hydrogen-bond acceptors (Lipinski definition) is 1. The largest absolute Gasteiger partial charge is 0.417 e. The van der Waals surface area contributed by atoms with Crippen molar-refractivity contribution in [3.8, 4) is 0 Å². The molecule has 1 aromatic rings. The highest BCUT2D eigenvalue weighted by atomic mass is 19.4. The van der Waals surface area contributed by atoms with E-state index in [4.69, 9.17) is 5.11 Å². The summed E-state index contributed by atoms with van der Waals surface area (Å²) in [6.07, 6.45) is -0.0581. The highest BCUT2D eigenvalue weighted by Crippen LogP contribution is 2.38. The van der Waals surface area contributed by atoms with Crippen LogP contribution in [0.3, 0.4) is 0 Å². The topological polar surface area (TPSA) is 20.2 Å². The van der Waals surface area contributed by atoms with E-state index in [1.54, 1.807) is 6.07 Å².